The predicted octanol–water partition coefficient (Wildman–Crippen LogP) is 6.19. The topological polar surface area (TPSA) is 74.8 Å². The summed E-state index contributed by atoms with van der Waals surface area (Å²) >= 11 is 13.5. The van der Waals surface area contributed by atoms with Crippen molar-refractivity contribution in [1.82, 2.24) is 10.0 Å². The molecule has 40 heavy (non-hydrogen) atoms. The lowest BCUT2D eigenvalue weighted by Gasteiger charge is -2.45. The Morgan fingerprint density at radius 3 is 1.77 bits per heavy atom. The first-order valence-electron chi connectivity index (χ1n) is 12.8. The summed E-state index contributed by atoms with van der Waals surface area (Å²) in [7, 11) is 0. The highest BCUT2D eigenvalue weighted by molar-refractivity contribution is 7.12. The van der Waals surface area contributed by atoms with Crippen molar-refractivity contribution in [2.24, 2.45) is 11.8 Å². The van der Waals surface area contributed by atoms with Gasteiger partial charge in [0.05, 0.1) is 26.8 Å². The van der Waals surface area contributed by atoms with Gasteiger partial charge in [0.2, 0.25) is 0 Å². The number of benzene rings is 3. The van der Waals surface area contributed by atoms with Gasteiger partial charge < -0.3 is 0 Å². The number of hydrazine groups is 1. The van der Waals surface area contributed by atoms with Gasteiger partial charge in [0.15, 0.2) is 5.78 Å². The van der Waals surface area contributed by atoms with Gasteiger partial charge in [-0.15, -0.1) is 11.3 Å². The highest BCUT2D eigenvalue weighted by Crippen LogP contribution is 2.61. The molecule has 4 aromatic rings. The van der Waals surface area contributed by atoms with Crippen molar-refractivity contribution in [3.8, 4) is 0 Å². The average molecular weight is 587 g/mol. The molecule has 3 aliphatic carbocycles. The largest absolute Gasteiger partial charge is 0.291 e. The molecule has 0 spiro atoms. The normalized spacial score (nSPS) is 22.1. The molecule has 9 heteroatoms. The SMILES string of the molecule is O=C(CN(C(=O)c1ccc(Cl)c(Cl)c1)N1C(=O)[C@H]2C3c4ccccc4C(c4ccccc43)[C@@H]2C1=O)c1cccs1. The molecule has 0 saturated carbocycles. The zero-order valence-electron chi connectivity index (χ0n) is 20.8. The minimum atomic E-state index is -0.691. The number of amides is 3. The molecule has 1 aliphatic heterocycles. The van der Waals surface area contributed by atoms with Gasteiger partial charge in [0.25, 0.3) is 17.7 Å². The van der Waals surface area contributed by atoms with E-state index in [1.54, 1.807) is 17.5 Å². The number of Topliss-reactive ketones (excluding diaryl/α,β-unsaturated/α-hetero) is 1. The highest BCUT2D eigenvalue weighted by Gasteiger charge is 2.63. The number of carbonyl (C=O) groups is 4. The van der Waals surface area contributed by atoms with Crippen LogP contribution < -0.4 is 0 Å². The summed E-state index contributed by atoms with van der Waals surface area (Å²) in [4.78, 5) is 56.2. The van der Waals surface area contributed by atoms with E-state index in [1.807, 2.05) is 48.5 Å². The Labute approximate surface area is 243 Å². The van der Waals surface area contributed by atoms with Crippen molar-refractivity contribution in [1.29, 1.82) is 0 Å². The third kappa shape index (κ3) is 3.61. The van der Waals surface area contributed by atoms with Crippen molar-refractivity contribution < 1.29 is 19.2 Å². The van der Waals surface area contributed by atoms with Crippen LogP contribution >= 0.6 is 34.5 Å². The first kappa shape index (κ1) is 25.2. The maximum Gasteiger partial charge on any atom is 0.273 e. The van der Waals surface area contributed by atoms with E-state index in [0.717, 1.165) is 32.3 Å². The molecule has 2 bridgehead atoms. The van der Waals surface area contributed by atoms with Crippen LogP contribution in [0.5, 0.6) is 0 Å². The number of imide groups is 1. The first-order chi connectivity index (χ1) is 19.4. The van der Waals surface area contributed by atoms with Gasteiger partial charge in [-0.25, -0.2) is 5.01 Å². The fraction of sp³-hybridized carbons (Fsp3) is 0.161. The second kappa shape index (κ2) is 9.41. The molecule has 0 N–H and O–H groups in total. The van der Waals surface area contributed by atoms with E-state index in [-0.39, 0.29) is 33.2 Å². The Bertz CT molecular complexity index is 1620. The van der Waals surface area contributed by atoms with Crippen LogP contribution in [0.2, 0.25) is 10.0 Å². The van der Waals surface area contributed by atoms with Gasteiger partial charge in [0, 0.05) is 17.4 Å². The number of nitrogens with zero attached hydrogens (tertiary/aromatic N) is 2. The van der Waals surface area contributed by atoms with Crippen LogP contribution in [0.15, 0.2) is 84.2 Å². The van der Waals surface area contributed by atoms with E-state index in [2.05, 4.69) is 0 Å². The molecule has 2 heterocycles. The molecule has 8 rings (SSSR count). The van der Waals surface area contributed by atoms with Gasteiger partial charge in [-0.1, -0.05) is 77.8 Å². The van der Waals surface area contributed by atoms with Crippen LogP contribution in [0, 0.1) is 11.8 Å². The molecule has 1 fully saturated rings. The van der Waals surface area contributed by atoms with E-state index < -0.39 is 36.1 Å². The molecule has 6 nitrogen and oxygen atoms in total. The van der Waals surface area contributed by atoms with Crippen molar-refractivity contribution in [2.45, 2.75) is 11.8 Å². The summed E-state index contributed by atoms with van der Waals surface area (Å²) in [5.74, 6) is -4.09. The molecular formula is C31H20Cl2N2O4S. The standard InChI is InChI=1S/C31H20Cl2N2O4S/c32-21-12-11-16(14-22(21)33)29(37)34(15-23(36)24-10-5-13-40-24)35-30(38)27-25-17-6-1-2-7-18(17)26(28(27)31(35)39)20-9-4-3-8-19(20)25/h1-14,25-28H,15H2/t25?,26?,27-,28-/m0/s1. The van der Waals surface area contributed by atoms with Crippen molar-refractivity contribution in [2.75, 3.05) is 6.54 Å². The van der Waals surface area contributed by atoms with Crippen LogP contribution in [0.1, 0.15) is 54.1 Å². The maximum atomic E-state index is 14.3. The van der Waals surface area contributed by atoms with E-state index in [4.69, 9.17) is 23.2 Å². The molecule has 4 aliphatic rings. The first-order valence-corrected chi connectivity index (χ1v) is 14.4. The van der Waals surface area contributed by atoms with Gasteiger partial charge in [-0.3, -0.25) is 19.2 Å². The number of halogens is 2. The number of hydrogen-bond acceptors (Lipinski definition) is 5. The van der Waals surface area contributed by atoms with Crippen LogP contribution in [-0.4, -0.2) is 40.1 Å². The van der Waals surface area contributed by atoms with Gasteiger partial charge >= 0.3 is 0 Å². The van der Waals surface area contributed by atoms with Crippen molar-refractivity contribution in [3.63, 3.8) is 0 Å². The minimum Gasteiger partial charge on any atom is -0.291 e. The molecule has 3 amide bonds. The Hall–Kier alpha value is -3.78. The van der Waals surface area contributed by atoms with Crippen molar-refractivity contribution >= 4 is 58.0 Å². The second-order valence-corrected chi connectivity index (χ2v) is 11.9. The van der Waals surface area contributed by atoms with Gasteiger partial charge in [-0.2, -0.15) is 5.01 Å². The zero-order chi connectivity index (χ0) is 27.7. The van der Waals surface area contributed by atoms with E-state index >= 15 is 0 Å². The van der Waals surface area contributed by atoms with E-state index in [1.165, 1.54) is 29.5 Å². The number of carbonyl (C=O) groups excluding carboxylic acids is 4. The Morgan fingerprint density at radius 1 is 0.750 bits per heavy atom. The fourth-order valence-corrected chi connectivity index (χ4v) is 7.52. The third-order valence-corrected chi connectivity index (χ3v) is 9.81. The average Bonchev–Trinajstić information content (AvgIpc) is 3.60. The van der Waals surface area contributed by atoms with Gasteiger partial charge in [0.1, 0.15) is 6.54 Å². The fourth-order valence-electron chi connectivity index (χ4n) is 6.56. The number of ketones is 1. The van der Waals surface area contributed by atoms with Crippen LogP contribution in [-0.2, 0) is 9.59 Å². The zero-order valence-corrected chi connectivity index (χ0v) is 23.1. The monoisotopic (exact) mass is 586 g/mol. The maximum absolute atomic E-state index is 14.3. The summed E-state index contributed by atoms with van der Waals surface area (Å²) < 4.78 is 0. The van der Waals surface area contributed by atoms with Crippen molar-refractivity contribution in [3.05, 3.63) is 127 Å². The molecule has 0 unspecified atom stereocenters. The summed E-state index contributed by atoms with van der Waals surface area (Å²) in [6, 6.07) is 23.5. The Balaban J connectivity index is 1.34. The molecular weight excluding hydrogens is 567 g/mol. The molecule has 1 saturated heterocycles. The number of hydrogen-bond donors (Lipinski definition) is 0. The van der Waals surface area contributed by atoms with Gasteiger partial charge in [-0.05, 0) is 51.9 Å². The summed E-state index contributed by atoms with van der Waals surface area (Å²) in [5, 5.41) is 4.06. The Morgan fingerprint density at radius 2 is 1.30 bits per heavy atom. The summed E-state index contributed by atoms with van der Waals surface area (Å²) in [5.41, 5.74) is 4.19. The summed E-state index contributed by atoms with van der Waals surface area (Å²) in [6.07, 6.45) is 0. The van der Waals surface area contributed by atoms with Crippen LogP contribution in [0.3, 0.4) is 0 Å². The molecule has 198 valence electrons. The Kier molecular flexibility index (Phi) is 5.93. The lowest BCUT2D eigenvalue weighted by atomic mass is 9.55. The molecule has 0 radical (unpaired) electrons. The number of thiophene rings is 1. The highest BCUT2D eigenvalue weighted by atomic mass is 35.5. The lowest BCUT2D eigenvalue weighted by Crippen LogP contribution is -2.52. The van der Waals surface area contributed by atoms with E-state index in [0.29, 0.717) is 4.88 Å². The molecule has 3 aromatic carbocycles. The summed E-state index contributed by atoms with van der Waals surface area (Å²) in [6.45, 7) is -0.480. The third-order valence-electron chi connectivity index (χ3n) is 8.16. The van der Waals surface area contributed by atoms with Crippen LogP contribution in [0.4, 0.5) is 0 Å². The minimum absolute atomic E-state index is 0.110. The molecule has 2 atom stereocenters. The second-order valence-electron chi connectivity index (χ2n) is 10.1. The lowest BCUT2D eigenvalue weighted by molar-refractivity contribution is -0.154. The van der Waals surface area contributed by atoms with Crippen LogP contribution in [0.25, 0.3) is 0 Å². The number of rotatable bonds is 5. The predicted molar refractivity (Wildman–Crippen MR) is 152 cm³/mol. The smallest absolute Gasteiger partial charge is 0.273 e. The molecule has 1 aromatic heterocycles. The quantitative estimate of drug-likeness (QED) is 0.206. The van der Waals surface area contributed by atoms with E-state index in [9.17, 15) is 19.2 Å².